The molecule has 0 unspecified atom stereocenters. The predicted molar refractivity (Wildman–Crippen MR) is 52.0 cm³/mol. The summed E-state index contributed by atoms with van der Waals surface area (Å²) in [5.74, 6) is -0.515. The van der Waals surface area contributed by atoms with Crippen molar-refractivity contribution in [1.29, 1.82) is 0 Å². The Morgan fingerprint density at radius 1 is 1.71 bits per heavy atom. The molecule has 0 saturated carbocycles. The molecule has 0 bridgehead atoms. The Bertz CT molecular complexity index is 394. The van der Waals surface area contributed by atoms with Crippen LogP contribution in [0.25, 0.3) is 16.5 Å². The minimum atomic E-state index is -0.515. The van der Waals surface area contributed by atoms with Gasteiger partial charge in [-0.3, -0.25) is 0 Å². The van der Waals surface area contributed by atoms with Crippen LogP contribution in [0.5, 0.6) is 0 Å². The van der Waals surface area contributed by atoms with E-state index in [1.165, 1.54) is 12.3 Å². The number of aromatic nitrogens is 1. The molecular weight excluding hydrogens is 183 g/mol. The molecule has 5 heteroatoms. The maximum atomic E-state index is 12.7. The molecule has 1 heterocycles. The van der Waals surface area contributed by atoms with Gasteiger partial charge in [0, 0.05) is 23.7 Å². The molecule has 72 valence electrons. The number of rotatable bonds is 3. The Morgan fingerprint density at radius 3 is 3.21 bits per heavy atom. The lowest BCUT2D eigenvalue weighted by molar-refractivity contribution is 0.582. The Balaban J connectivity index is 2.79. The van der Waals surface area contributed by atoms with Crippen molar-refractivity contribution in [3.05, 3.63) is 45.9 Å². The molecule has 1 aromatic rings. The summed E-state index contributed by atoms with van der Waals surface area (Å²) in [5.41, 5.74) is 9.64. The van der Waals surface area contributed by atoms with Gasteiger partial charge in [-0.1, -0.05) is 17.3 Å². The number of azide groups is 1. The summed E-state index contributed by atoms with van der Waals surface area (Å²) in [5, 5.41) is 3.32. The Hall–Kier alpha value is -1.87. The van der Waals surface area contributed by atoms with Crippen LogP contribution in [0.1, 0.15) is 11.1 Å². The highest BCUT2D eigenvalue weighted by Gasteiger charge is 1.96. The van der Waals surface area contributed by atoms with Gasteiger partial charge in [0.25, 0.3) is 0 Å². The molecule has 1 aromatic heterocycles. The summed E-state index contributed by atoms with van der Waals surface area (Å²) >= 11 is 0. The lowest BCUT2D eigenvalue weighted by atomic mass is 10.1. The second-order valence-corrected chi connectivity index (χ2v) is 2.68. The van der Waals surface area contributed by atoms with Crippen molar-refractivity contribution in [3.8, 4) is 0 Å². The molecule has 0 aliphatic carbocycles. The summed E-state index contributed by atoms with van der Waals surface area (Å²) in [7, 11) is 0. The second kappa shape index (κ2) is 4.99. The summed E-state index contributed by atoms with van der Waals surface area (Å²) in [4.78, 5) is 6.10. The molecule has 0 saturated heterocycles. The fourth-order valence-electron chi connectivity index (χ4n) is 0.955. The molecule has 0 N–H and O–H groups in total. The van der Waals surface area contributed by atoms with Gasteiger partial charge < -0.3 is 0 Å². The van der Waals surface area contributed by atoms with E-state index in [9.17, 15) is 4.39 Å². The number of nitrogens with zero attached hydrogens (tertiary/aromatic N) is 4. The van der Waals surface area contributed by atoms with Gasteiger partial charge in [0.05, 0.1) is 0 Å². The van der Waals surface area contributed by atoms with Crippen LogP contribution in [0, 0.1) is 12.9 Å². The van der Waals surface area contributed by atoms with Crippen LogP contribution < -0.4 is 0 Å². The maximum absolute atomic E-state index is 12.7. The molecule has 0 atom stereocenters. The van der Waals surface area contributed by atoms with Gasteiger partial charge in [-0.15, -0.1) is 0 Å². The average molecular weight is 192 g/mol. The number of pyridine rings is 1. The summed E-state index contributed by atoms with van der Waals surface area (Å²) in [6, 6.07) is 1.34. The topological polar surface area (TPSA) is 61.7 Å². The SMILES string of the molecule is Cc1cnc(F)cc1C=CCN=[N+]=[N-]. The smallest absolute Gasteiger partial charge is 0.213 e. The first-order valence-electron chi connectivity index (χ1n) is 4.03. The Labute approximate surface area is 80.7 Å². The first-order valence-corrected chi connectivity index (χ1v) is 4.03. The van der Waals surface area contributed by atoms with E-state index in [2.05, 4.69) is 15.0 Å². The van der Waals surface area contributed by atoms with Gasteiger partial charge in [0.15, 0.2) is 0 Å². The third-order valence-electron chi connectivity index (χ3n) is 1.66. The molecule has 0 spiro atoms. The van der Waals surface area contributed by atoms with E-state index in [0.717, 1.165) is 11.1 Å². The molecule has 0 radical (unpaired) electrons. The van der Waals surface area contributed by atoms with E-state index in [0.29, 0.717) is 0 Å². The van der Waals surface area contributed by atoms with Crippen molar-refractivity contribution in [1.82, 2.24) is 4.98 Å². The highest BCUT2D eigenvalue weighted by Crippen LogP contribution is 2.09. The van der Waals surface area contributed by atoms with Crippen molar-refractivity contribution in [3.63, 3.8) is 0 Å². The molecule has 0 amide bonds. The number of aryl methyl sites for hydroxylation is 1. The lowest BCUT2D eigenvalue weighted by Crippen LogP contribution is -1.87. The summed E-state index contributed by atoms with van der Waals surface area (Å²) in [6.07, 6.45) is 4.83. The van der Waals surface area contributed by atoms with Crippen LogP contribution >= 0.6 is 0 Å². The first kappa shape index (κ1) is 10.2. The van der Waals surface area contributed by atoms with E-state index in [1.54, 1.807) is 12.2 Å². The van der Waals surface area contributed by atoms with E-state index < -0.39 is 5.95 Å². The maximum Gasteiger partial charge on any atom is 0.213 e. The van der Waals surface area contributed by atoms with E-state index in [4.69, 9.17) is 5.53 Å². The molecule has 4 nitrogen and oxygen atoms in total. The molecule has 1 rings (SSSR count). The second-order valence-electron chi connectivity index (χ2n) is 2.68. The Morgan fingerprint density at radius 2 is 2.50 bits per heavy atom. The molecule has 0 aliphatic rings. The van der Waals surface area contributed by atoms with Crippen LogP contribution in [0.15, 0.2) is 23.5 Å². The molecule has 0 fully saturated rings. The highest BCUT2D eigenvalue weighted by atomic mass is 19.1. The fourth-order valence-corrected chi connectivity index (χ4v) is 0.955. The van der Waals surface area contributed by atoms with Gasteiger partial charge in [-0.2, -0.15) is 4.39 Å². The molecule has 0 aliphatic heterocycles. The van der Waals surface area contributed by atoms with Crippen molar-refractivity contribution >= 4 is 6.08 Å². The molecule has 14 heavy (non-hydrogen) atoms. The van der Waals surface area contributed by atoms with Crippen molar-refractivity contribution in [2.45, 2.75) is 6.92 Å². The third kappa shape index (κ3) is 2.88. The molecule has 0 aromatic carbocycles. The van der Waals surface area contributed by atoms with Gasteiger partial charge in [0.2, 0.25) is 5.95 Å². The van der Waals surface area contributed by atoms with Crippen LogP contribution in [0.2, 0.25) is 0 Å². The monoisotopic (exact) mass is 192 g/mol. The van der Waals surface area contributed by atoms with Crippen molar-refractivity contribution in [2.75, 3.05) is 6.54 Å². The summed E-state index contributed by atoms with van der Waals surface area (Å²) in [6.45, 7) is 2.10. The van der Waals surface area contributed by atoms with Crippen molar-refractivity contribution < 1.29 is 4.39 Å². The van der Waals surface area contributed by atoms with Gasteiger partial charge in [-0.25, -0.2) is 4.98 Å². The minimum Gasteiger partial charge on any atom is -0.228 e. The van der Waals surface area contributed by atoms with Crippen molar-refractivity contribution in [2.24, 2.45) is 5.11 Å². The molecular formula is C9H9FN4. The first-order chi connectivity index (χ1) is 6.74. The zero-order valence-electron chi connectivity index (χ0n) is 7.68. The normalized spacial score (nSPS) is 10.1. The predicted octanol–water partition coefficient (Wildman–Crippen LogP) is 2.85. The third-order valence-corrected chi connectivity index (χ3v) is 1.66. The van der Waals surface area contributed by atoms with E-state index in [-0.39, 0.29) is 6.54 Å². The zero-order chi connectivity index (χ0) is 10.4. The number of halogens is 1. The van der Waals surface area contributed by atoms with Gasteiger partial charge in [-0.05, 0) is 23.6 Å². The van der Waals surface area contributed by atoms with Crippen LogP contribution in [0.4, 0.5) is 4.39 Å². The standard InChI is InChI=1S/C9H9FN4/c1-7-6-12-9(10)5-8(7)3-2-4-13-14-11/h2-3,5-6H,4H2,1H3. The average Bonchev–Trinajstić information content (AvgIpc) is 2.18. The Kier molecular flexibility index (Phi) is 3.64. The lowest BCUT2D eigenvalue weighted by Gasteiger charge is -1.98. The van der Waals surface area contributed by atoms with Gasteiger partial charge >= 0.3 is 0 Å². The minimum absolute atomic E-state index is 0.264. The van der Waals surface area contributed by atoms with Crippen LogP contribution in [-0.2, 0) is 0 Å². The van der Waals surface area contributed by atoms with Gasteiger partial charge in [0.1, 0.15) is 0 Å². The largest absolute Gasteiger partial charge is 0.228 e. The van der Waals surface area contributed by atoms with E-state index in [1.807, 2.05) is 6.92 Å². The fraction of sp³-hybridized carbons (Fsp3) is 0.222. The number of hydrogen-bond donors (Lipinski definition) is 0. The highest BCUT2D eigenvalue weighted by molar-refractivity contribution is 5.52. The van der Waals surface area contributed by atoms with Crippen LogP contribution in [0.3, 0.4) is 0 Å². The zero-order valence-corrected chi connectivity index (χ0v) is 7.68. The quantitative estimate of drug-likeness (QED) is 0.314. The van der Waals surface area contributed by atoms with Crippen LogP contribution in [-0.4, -0.2) is 11.5 Å². The van der Waals surface area contributed by atoms with E-state index >= 15 is 0 Å². The number of hydrogen-bond acceptors (Lipinski definition) is 2. The summed E-state index contributed by atoms with van der Waals surface area (Å²) < 4.78 is 12.7.